The third-order valence-corrected chi connectivity index (χ3v) is 8.00. The summed E-state index contributed by atoms with van der Waals surface area (Å²) in [6.45, 7) is 2.04. The van der Waals surface area contributed by atoms with Gasteiger partial charge in [-0.3, -0.25) is 9.69 Å². The number of carbonyl (C=O) groups excluding carboxylic acids is 1. The molecule has 0 spiro atoms. The number of thiophene rings is 1. The van der Waals surface area contributed by atoms with E-state index in [1.54, 1.807) is 31.2 Å². The highest BCUT2D eigenvalue weighted by Gasteiger charge is 2.34. The van der Waals surface area contributed by atoms with Crippen LogP contribution in [0.4, 0.5) is 0 Å². The molecule has 0 bridgehead atoms. The van der Waals surface area contributed by atoms with Gasteiger partial charge in [0.05, 0.1) is 23.5 Å². The van der Waals surface area contributed by atoms with Crippen LogP contribution in [-0.2, 0) is 14.8 Å². The number of nitrogens with zero attached hydrogens (tertiary/aromatic N) is 2. The van der Waals surface area contributed by atoms with Gasteiger partial charge in [0, 0.05) is 6.54 Å². The Balaban J connectivity index is 1.96. The molecule has 1 aromatic carbocycles. The van der Waals surface area contributed by atoms with E-state index >= 15 is 0 Å². The van der Waals surface area contributed by atoms with E-state index in [1.165, 1.54) is 31.3 Å². The minimum absolute atomic E-state index is 0.0245. The first-order chi connectivity index (χ1) is 13.8. The minimum atomic E-state index is -3.96. The smallest absolute Gasteiger partial charge is 0.294 e. The standard InChI is InChI=1S/C18H17ClN2O5S3/c1-4-21-17(22)14(10-11-5-6-12(25-2)13(9-11)26-3)27-18(21)20-29(23,24)16-8-7-15(19)28-16/h5-10H,4H2,1-3H3. The van der Waals surface area contributed by atoms with E-state index in [9.17, 15) is 13.2 Å². The lowest BCUT2D eigenvalue weighted by atomic mass is 10.2. The number of methoxy groups -OCH3 is 2. The van der Waals surface area contributed by atoms with Crippen molar-refractivity contribution in [3.05, 3.63) is 45.1 Å². The van der Waals surface area contributed by atoms with Crippen molar-refractivity contribution < 1.29 is 22.7 Å². The summed E-state index contributed by atoms with van der Waals surface area (Å²) in [5, 5.41) is 0.105. The Bertz CT molecular complexity index is 1110. The van der Waals surface area contributed by atoms with Crippen LogP contribution >= 0.6 is 34.7 Å². The molecular weight excluding hydrogens is 456 g/mol. The van der Waals surface area contributed by atoms with E-state index in [1.807, 2.05) is 0 Å². The summed E-state index contributed by atoms with van der Waals surface area (Å²) in [6, 6.07) is 8.12. The van der Waals surface area contributed by atoms with Crippen LogP contribution in [0.3, 0.4) is 0 Å². The first-order valence-electron chi connectivity index (χ1n) is 8.32. The molecule has 0 atom stereocenters. The zero-order valence-electron chi connectivity index (χ0n) is 15.7. The maximum atomic E-state index is 12.7. The normalized spacial score (nSPS) is 17.4. The first-order valence-corrected chi connectivity index (χ1v) is 11.8. The summed E-state index contributed by atoms with van der Waals surface area (Å²) in [6.07, 6.45) is 1.66. The second-order valence-electron chi connectivity index (χ2n) is 5.68. The molecule has 0 saturated carbocycles. The number of thioether (sulfide) groups is 1. The fraction of sp³-hybridized carbons (Fsp3) is 0.222. The van der Waals surface area contributed by atoms with Gasteiger partial charge in [-0.2, -0.15) is 8.42 Å². The van der Waals surface area contributed by atoms with Crippen molar-refractivity contribution in [2.75, 3.05) is 20.8 Å². The molecule has 3 rings (SSSR count). The quantitative estimate of drug-likeness (QED) is 0.588. The Labute approximate surface area is 182 Å². The maximum Gasteiger partial charge on any atom is 0.294 e. The molecule has 2 aromatic rings. The number of amides is 1. The van der Waals surface area contributed by atoms with Gasteiger partial charge in [0.15, 0.2) is 16.7 Å². The lowest BCUT2D eigenvalue weighted by Crippen LogP contribution is -2.29. The Kier molecular flexibility index (Phi) is 6.57. The van der Waals surface area contributed by atoms with Gasteiger partial charge in [-0.05, 0) is 54.6 Å². The fourth-order valence-corrected chi connectivity index (χ4v) is 6.24. The molecule has 1 aromatic heterocycles. The third-order valence-electron chi connectivity index (χ3n) is 3.91. The molecule has 0 radical (unpaired) electrons. The molecule has 11 heteroatoms. The first kappa shape index (κ1) is 21.7. The summed E-state index contributed by atoms with van der Waals surface area (Å²) >= 11 is 7.75. The molecule has 7 nitrogen and oxygen atoms in total. The van der Waals surface area contributed by atoms with Gasteiger partial charge in [0.2, 0.25) is 0 Å². The summed E-state index contributed by atoms with van der Waals surface area (Å²) in [4.78, 5) is 14.4. The highest BCUT2D eigenvalue weighted by molar-refractivity contribution is 8.19. The fourth-order valence-electron chi connectivity index (χ4n) is 2.53. The van der Waals surface area contributed by atoms with Gasteiger partial charge in [-0.1, -0.05) is 17.7 Å². The predicted molar refractivity (Wildman–Crippen MR) is 116 cm³/mol. The highest BCUT2D eigenvalue weighted by Crippen LogP contribution is 2.36. The number of hydrogen-bond acceptors (Lipinski definition) is 7. The topological polar surface area (TPSA) is 85.3 Å². The van der Waals surface area contributed by atoms with E-state index in [-0.39, 0.29) is 21.8 Å². The molecule has 29 heavy (non-hydrogen) atoms. The monoisotopic (exact) mass is 472 g/mol. The average molecular weight is 473 g/mol. The molecule has 2 heterocycles. The number of halogens is 1. The van der Waals surface area contributed by atoms with Crippen molar-refractivity contribution in [1.82, 2.24) is 4.90 Å². The van der Waals surface area contributed by atoms with Gasteiger partial charge in [-0.15, -0.1) is 15.7 Å². The summed E-state index contributed by atoms with van der Waals surface area (Å²) in [5.41, 5.74) is 0.712. The molecule has 1 fully saturated rings. The third kappa shape index (κ3) is 4.61. The molecule has 1 saturated heterocycles. The van der Waals surface area contributed by atoms with E-state index in [0.717, 1.165) is 23.1 Å². The highest BCUT2D eigenvalue weighted by atomic mass is 35.5. The number of carbonyl (C=O) groups is 1. The van der Waals surface area contributed by atoms with E-state index in [0.29, 0.717) is 26.3 Å². The molecule has 0 N–H and O–H groups in total. The van der Waals surface area contributed by atoms with E-state index < -0.39 is 10.0 Å². The van der Waals surface area contributed by atoms with Gasteiger partial charge in [-0.25, -0.2) is 0 Å². The van der Waals surface area contributed by atoms with Gasteiger partial charge in [0.25, 0.3) is 15.9 Å². The summed E-state index contributed by atoms with van der Waals surface area (Å²) in [5.74, 6) is 0.777. The molecule has 154 valence electrons. The van der Waals surface area contributed by atoms with Crippen molar-refractivity contribution in [3.63, 3.8) is 0 Å². The summed E-state index contributed by atoms with van der Waals surface area (Å²) < 4.78 is 39.8. The number of ether oxygens (including phenoxy) is 2. The number of hydrogen-bond donors (Lipinski definition) is 0. The number of likely N-dealkylation sites (N-methyl/N-ethyl adjacent to an activating group) is 1. The van der Waals surface area contributed by atoms with Crippen LogP contribution in [0.2, 0.25) is 4.34 Å². The van der Waals surface area contributed by atoms with Gasteiger partial charge < -0.3 is 9.47 Å². The molecule has 0 aliphatic carbocycles. The Morgan fingerprint density at radius 2 is 1.90 bits per heavy atom. The van der Waals surface area contributed by atoms with Crippen LogP contribution in [0.25, 0.3) is 6.08 Å². The lowest BCUT2D eigenvalue weighted by molar-refractivity contribution is -0.122. The van der Waals surface area contributed by atoms with Crippen LogP contribution < -0.4 is 9.47 Å². The van der Waals surface area contributed by atoms with Crippen molar-refractivity contribution >= 4 is 61.9 Å². The van der Waals surface area contributed by atoms with Gasteiger partial charge in [0.1, 0.15) is 4.21 Å². The van der Waals surface area contributed by atoms with Crippen LogP contribution in [0.1, 0.15) is 12.5 Å². The number of rotatable bonds is 6. The SMILES string of the molecule is CCN1C(=O)C(=Cc2ccc(OC)c(OC)c2)SC1=NS(=O)(=O)c1ccc(Cl)s1. The van der Waals surface area contributed by atoms with Crippen molar-refractivity contribution in [3.8, 4) is 11.5 Å². The molecular formula is C18H17ClN2O5S3. The molecule has 1 amide bonds. The zero-order valence-corrected chi connectivity index (χ0v) is 18.9. The second-order valence-corrected chi connectivity index (χ2v) is 10.2. The van der Waals surface area contributed by atoms with Crippen LogP contribution in [0.5, 0.6) is 11.5 Å². The van der Waals surface area contributed by atoms with Crippen molar-refractivity contribution in [1.29, 1.82) is 0 Å². The Morgan fingerprint density at radius 3 is 2.48 bits per heavy atom. The van der Waals surface area contributed by atoms with E-state index in [2.05, 4.69) is 4.40 Å². The van der Waals surface area contributed by atoms with Gasteiger partial charge >= 0.3 is 0 Å². The number of benzene rings is 1. The lowest BCUT2D eigenvalue weighted by Gasteiger charge is -2.11. The maximum absolute atomic E-state index is 12.7. The largest absolute Gasteiger partial charge is 0.493 e. The number of sulfonamides is 1. The van der Waals surface area contributed by atoms with Crippen molar-refractivity contribution in [2.24, 2.45) is 4.40 Å². The molecule has 0 unspecified atom stereocenters. The van der Waals surface area contributed by atoms with Crippen LogP contribution in [-0.4, -0.2) is 45.2 Å². The molecule has 1 aliphatic rings. The van der Waals surface area contributed by atoms with Crippen LogP contribution in [0, 0.1) is 0 Å². The van der Waals surface area contributed by atoms with Crippen LogP contribution in [0.15, 0.2) is 43.8 Å². The van der Waals surface area contributed by atoms with Crippen molar-refractivity contribution in [2.45, 2.75) is 11.1 Å². The molecule has 1 aliphatic heterocycles. The number of amidine groups is 1. The van der Waals surface area contributed by atoms with E-state index in [4.69, 9.17) is 21.1 Å². The zero-order chi connectivity index (χ0) is 21.2. The predicted octanol–water partition coefficient (Wildman–Crippen LogP) is 4.10. The Morgan fingerprint density at radius 1 is 1.17 bits per heavy atom. The second kappa shape index (κ2) is 8.78. The summed E-state index contributed by atoms with van der Waals surface area (Å²) in [7, 11) is -0.901. The average Bonchev–Trinajstić information content (AvgIpc) is 3.25. The Hall–Kier alpha value is -2.01. The minimum Gasteiger partial charge on any atom is -0.493 e.